The maximum absolute atomic E-state index is 12.0. The van der Waals surface area contributed by atoms with Gasteiger partial charge in [0, 0.05) is 35.9 Å². The van der Waals surface area contributed by atoms with Crippen LogP contribution in [0.15, 0.2) is 41.4 Å². The van der Waals surface area contributed by atoms with Crippen LogP contribution in [0, 0.1) is 11.3 Å². The lowest BCUT2D eigenvalue weighted by molar-refractivity contribution is 0.262. The zero-order valence-corrected chi connectivity index (χ0v) is 13.2. The number of aromatic nitrogens is 2. The number of nitrogens with one attached hydrogen (secondary N) is 2. The van der Waals surface area contributed by atoms with Crippen molar-refractivity contribution in [2.75, 3.05) is 10.6 Å². The smallest absolute Gasteiger partial charge is 0.307 e. The third kappa shape index (κ3) is 4.53. The van der Waals surface area contributed by atoms with E-state index in [4.69, 9.17) is 5.26 Å². The highest BCUT2D eigenvalue weighted by Crippen LogP contribution is 2.31. The number of nitrogens with zero attached hydrogens (tertiary/aromatic N) is 3. The SMILES string of the molecule is C[C@H](CC#N)Sc1ccccc1NC(=O)Nc1ccn(C)n1. The molecular formula is C15H17N5OS. The molecule has 0 unspecified atom stereocenters. The molecule has 2 amide bonds. The zero-order valence-electron chi connectivity index (χ0n) is 12.4. The first kappa shape index (κ1) is 15.9. The summed E-state index contributed by atoms with van der Waals surface area (Å²) < 4.78 is 1.61. The van der Waals surface area contributed by atoms with Gasteiger partial charge in [0.05, 0.1) is 11.8 Å². The molecule has 2 aromatic rings. The van der Waals surface area contributed by atoms with E-state index in [-0.39, 0.29) is 11.3 Å². The van der Waals surface area contributed by atoms with E-state index in [1.165, 1.54) is 0 Å². The molecule has 1 heterocycles. The second-order valence-corrected chi connectivity index (χ2v) is 6.22. The van der Waals surface area contributed by atoms with Gasteiger partial charge in [-0.3, -0.25) is 10.00 Å². The number of nitriles is 1. The third-order valence-electron chi connectivity index (χ3n) is 2.80. The highest BCUT2D eigenvalue weighted by atomic mass is 32.2. The molecule has 0 radical (unpaired) electrons. The van der Waals surface area contributed by atoms with Crippen molar-refractivity contribution in [1.29, 1.82) is 5.26 Å². The van der Waals surface area contributed by atoms with Gasteiger partial charge in [0.25, 0.3) is 0 Å². The molecule has 0 aliphatic heterocycles. The molecule has 0 saturated carbocycles. The first-order chi connectivity index (χ1) is 10.6. The summed E-state index contributed by atoms with van der Waals surface area (Å²) in [6.45, 7) is 1.98. The molecule has 0 aliphatic carbocycles. The van der Waals surface area contributed by atoms with Crippen LogP contribution in [0.5, 0.6) is 0 Å². The van der Waals surface area contributed by atoms with Crippen LogP contribution in [0.2, 0.25) is 0 Å². The fourth-order valence-corrected chi connectivity index (χ4v) is 2.81. The molecule has 1 aromatic carbocycles. The molecule has 22 heavy (non-hydrogen) atoms. The lowest BCUT2D eigenvalue weighted by atomic mass is 10.3. The van der Waals surface area contributed by atoms with Gasteiger partial charge in [-0.1, -0.05) is 19.1 Å². The number of para-hydroxylation sites is 1. The predicted molar refractivity (Wildman–Crippen MR) is 87.8 cm³/mol. The summed E-state index contributed by atoms with van der Waals surface area (Å²) in [5, 5.41) is 18.5. The Labute approximate surface area is 133 Å². The summed E-state index contributed by atoms with van der Waals surface area (Å²) in [5.41, 5.74) is 0.714. The Kier molecular flexibility index (Phi) is 5.44. The standard InChI is InChI=1S/C15H17N5OS/c1-11(7-9-16)22-13-6-4-3-5-12(13)17-15(21)18-14-8-10-20(2)19-14/h3-6,8,10-11H,7H2,1-2H3,(H2,17,18,19,21)/t11-/m1/s1. The molecule has 0 fully saturated rings. The normalized spacial score (nSPS) is 11.5. The van der Waals surface area contributed by atoms with Crippen LogP contribution in [-0.4, -0.2) is 21.1 Å². The predicted octanol–water partition coefficient (Wildman–Crippen LogP) is 3.46. The summed E-state index contributed by atoms with van der Waals surface area (Å²) in [4.78, 5) is 13.0. The van der Waals surface area contributed by atoms with Gasteiger partial charge in [-0.05, 0) is 12.1 Å². The van der Waals surface area contributed by atoms with Gasteiger partial charge in [0.15, 0.2) is 5.82 Å². The Morgan fingerprint density at radius 2 is 2.18 bits per heavy atom. The Morgan fingerprint density at radius 3 is 2.86 bits per heavy atom. The summed E-state index contributed by atoms with van der Waals surface area (Å²) in [5.74, 6) is 0.489. The van der Waals surface area contributed by atoms with Crippen molar-refractivity contribution >= 4 is 29.3 Å². The highest BCUT2D eigenvalue weighted by Gasteiger charge is 2.11. The monoisotopic (exact) mass is 315 g/mol. The second-order valence-electron chi connectivity index (χ2n) is 4.74. The maximum atomic E-state index is 12.0. The Morgan fingerprint density at radius 1 is 1.41 bits per heavy atom. The van der Waals surface area contributed by atoms with Crippen molar-refractivity contribution < 1.29 is 4.79 Å². The van der Waals surface area contributed by atoms with E-state index < -0.39 is 0 Å². The lowest BCUT2D eigenvalue weighted by Crippen LogP contribution is -2.20. The van der Waals surface area contributed by atoms with Crippen molar-refractivity contribution in [3.05, 3.63) is 36.5 Å². The molecule has 0 aliphatic rings. The minimum absolute atomic E-state index is 0.159. The topological polar surface area (TPSA) is 82.7 Å². The highest BCUT2D eigenvalue weighted by molar-refractivity contribution is 8.00. The summed E-state index contributed by atoms with van der Waals surface area (Å²) in [7, 11) is 1.78. The molecule has 2 rings (SSSR count). The summed E-state index contributed by atoms with van der Waals surface area (Å²) >= 11 is 1.56. The van der Waals surface area contributed by atoms with Crippen LogP contribution in [0.4, 0.5) is 16.3 Å². The molecule has 2 N–H and O–H groups in total. The van der Waals surface area contributed by atoms with E-state index in [1.54, 1.807) is 35.8 Å². The second kappa shape index (κ2) is 7.52. The molecule has 114 valence electrons. The van der Waals surface area contributed by atoms with Crippen molar-refractivity contribution in [3.63, 3.8) is 0 Å². The van der Waals surface area contributed by atoms with Gasteiger partial charge in [-0.25, -0.2) is 4.79 Å². The number of anilines is 2. The fraction of sp³-hybridized carbons (Fsp3) is 0.267. The zero-order chi connectivity index (χ0) is 15.9. The maximum Gasteiger partial charge on any atom is 0.324 e. The van der Waals surface area contributed by atoms with Gasteiger partial charge < -0.3 is 5.32 Å². The molecule has 7 heteroatoms. The molecule has 1 aromatic heterocycles. The number of aryl methyl sites for hydroxylation is 1. The molecule has 1 atom stereocenters. The van der Waals surface area contributed by atoms with E-state index in [0.717, 1.165) is 4.90 Å². The van der Waals surface area contributed by atoms with Gasteiger partial charge in [0.1, 0.15) is 0 Å². The summed E-state index contributed by atoms with van der Waals surface area (Å²) in [6.07, 6.45) is 2.21. The van der Waals surface area contributed by atoms with Crippen LogP contribution in [0.1, 0.15) is 13.3 Å². The van der Waals surface area contributed by atoms with Crippen LogP contribution in [0.25, 0.3) is 0 Å². The van der Waals surface area contributed by atoms with Crippen molar-refractivity contribution in [2.45, 2.75) is 23.5 Å². The van der Waals surface area contributed by atoms with Crippen molar-refractivity contribution in [1.82, 2.24) is 9.78 Å². The number of hydrogen-bond donors (Lipinski definition) is 2. The van der Waals surface area contributed by atoms with Crippen molar-refractivity contribution in [2.24, 2.45) is 7.05 Å². The first-order valence-electron chi connectivity index (χ1n) is 6.79. The number of carbonyl (C=O) groups is 1. The Bertz CT molecular complexity index is 691. The molecule has 6 nitrogen and oxygen atoms in total. The molecule has 0 bridgehead atoms. The average molecular weight is 315 g/mol. The number of rotatable bonds is 5. The number of urea groups is 1. The quantitative estimate of drug-likeness (QED) is 0.828. The van der Waals surface area contributed by atoms with Gasteiger partial charge >= 0.3 is 6.03 Å². The minimum atomic E-state index is -0.348. The van der Waals surface area contributed by atoms with E-state index in [0.29, 0.717) is 17.9 Å². The van der Waals surface area contributed by atoms with Gasteiger partial charge in [-0.15, -0.1) is 11.8 Å². The Hall–Kier alpha value is -2.46. The van der Waals surface area contributed by atoms with Gasteiger partial charge in [-0.2, -0.15) is 10.4 Å². The van der Waals surface area contributed by atoms with E-state index >= 15 is 0 Å². The van der Waals surface area contributed by atoms with E-state index in [9.17, 15) is 4.79 Å². The van der Waals surface area contributed by atoms with Crippen LogP contribution < -0.4 is 10.6 Å². The van der Waals surface area contributed by atoms with Crippen LogP contribution in [0.3, 0.4) is 0 Å². The van der Waals surface area contributed by atoms with E-state index in [2.05, 4.69) is 21.8 Å². The first-order valence-corrected chi connectivity index (χ1v) is 7.66. The molecular weight excluding hydrogens is 298 g/mol. The molecule has 0 saturated heterocycles. The Balaban J connectivity index is 2.02. The average Bonchev–Trinajstić information content (AvgIpc) is 2.86. The number of benzene rings is 1. The largest absolute Gasteiger partial charge is 0.324 e. The summed E-state index contributed by atoms with van der Waals surface area (Å²) in [6, 6.07) is 11.0. The number of carbonyl (C=O) groups excluding carboxylic acids is 1. The van der Waals surface area contributed by atoms with Crippen LogP contribution >= 0.6 is 11.8 Å². The van der Waals surface area contributed by atoms with Crippen molar-refractivity contribution in [3.8, 4) is 6.07 Å². The molecule has 0 spiro atoms. The number of amides is 2. The van der Waals surface area contributed by atoms with Crippen LogP contribution in [-0.2, 0) is 7.05 Å². The van der Waals surface area contributed by atoms with E-state index in [1.807, 2.05) is 31.2 Å². The van der Waals surface area contributed by atoms with Gasteiger partial charge in [0.2, 0.25) is 0 Å². The fourth-order valence-electron chi connectivity index (χ4n) is 1.81. The number of thioether (sulfide) groups is 1. The third-order valence-corrected chi connectivity index (χ3v) is 3.98. The number of hydrogen-bond acceptors (Lipinski definition) is 4. The minimum Gasteiger partial charge on any atom is -0.307 e. The lowest BCUT2D eigenvalue weighted by Gasteiger charge is -2.13.